The molecule has 1 aromatic carbocycles. The van der Waals surface area contributed by atoms with Crippen molar-refractivity contribution in [3.05, 3.63) is 41.2 Å². The first-order valence-electron chi connectivity index (χ1n) is 10.7. The molecular weight excluding hydrogens is 410 g/mol. The van der Waals surface area contributed by atoms with Gasteiger partial charge in [0.1, 0.15) is 12.2 Å². The maximum atomic E-state index is 14.1. The number of nitrogens with one attached hydrogen (secondary N) is 1. The Balaban J connectivity index is 1.46. The van der Waals surface area contributed by atoms with Crippen LogP contribution >= 0.6 is 0 Å². The predicted octanol–water partition coefficient (Wildman–Crippen LogP) is 4.91. The summed E-state index contributed by atoms with van der Waals surface area (Å²) in [7, 11) is 0. The number of rotatable bonds is 6. The molecule has 0 unspecified atom stereocenters. The van der Waals surface area contributed by atoms with Crippen LogP contribution in [0.1, 0.15) is 56.1 Å². The van der Waals surface area contributed by atoms with Crippen molar-refractivity contribution in [1.29, 1.82) is 5.26 Å². The fraction of sp³-hybridized carbons (Fsp3) is 0.565. The first-order chi connectivity index (χ1) is 14.8. The fourth-order valence-electron chi connectivity index (χ4n) is 4.42. The molecule has 0 aromatic heterocycles. The van der Waals surface area contributed by atoms with Crippen molar-refractivity contribution in [3.8, 4) is 6.07 Å². The van der Waals surface area contributed by atoms with Crippen LogP contribution in [0.5, 0.6) is 0 Å². The number of halogens is 4. The highest BCUT2D eigenvalue weighted by Gasteiger charge is 2.31. The predicted molar refractivity (Wildman–Crippen MR) is 109 cm³/mol. The molecular formula is C23H27F4N3O. The van der Waals surface area contributed by atoms with Crippen LogP contribution in [0.4, 0.5) is 17.6 Å². The zero-order chi connectivity index (χ0) is 22.4. The molecule has 1 fully saturated rings. The van der Waals surface area contributed by atoms with Gasteiger partial charge in [-0.05, 0) is 74.8 Å². The number of alkyl halides is 3. The Labute approximate surface area is 179 Å². The monoisotopic (exact) mass is 437 g/mol. The van der Waals surface area contributed by atoms with E-state index < -0.39 is 17.6 Å². The number of nitriles is 1. The van der Waals surface area contributed by atoms with Gasteiger partial charge in [-0.15, -0.1) is 0 Å². The van der Waals surface area contributed by atoms with Crippen LogP contribution in [0.25, 0.3) is 5.57 Å². The Hall–Kier alpha value is -2.40. The highest BCUT2D eigenvalue weighted by atomic mass is 19.4. The van der Waals surface area contributed by atoms with Gasteiger partial charge < -0.3 is 5.32 Å². The van der Waals surface area contributed by atoms with Crippen molar-refractivity contribution in [1.82, 2.24) is 10.2 Å². The quantitative estimate of drug-likeness (QED) is 0.644. The van der Waals surface area contributed by atoms with E-state index in [4.69, 9.17) is 5.26 Å². The van der Waals surface area contributed by atoms with Gasteiger partial charge in [0.25, 0.3) is 0 Å². The summed E-state index contributed by atoms with van der Waals surface area (Å²) in [6.07, 6.45) is 2.70. The first kappa shape index (κ1) is 23.3. The Morgan fingerprint density at radius 3 is 2.58 bits per heavy atom. The molecule has 0 atom stereocenters. The van der Waals surface area contributed by atoms with Crippen LogP contribution in [0.2, 0.25) is 0 Å². The highest BCUT2D eigenvalue weighted by Crippen LogP contribution is 2.34. The molecule has 1 saturated carbocycles. The summed E-state index contributed by atoms with van der Waals surface area (Å²) in [5, 5.41) is 11.5. The van der Waals surface area contributed by atoms with Crippen molar-refractivity contribution in [2.75, 3.05) is 19.6 Å². The molecule has 0 spiro atoms. The second-order valence-electron chi connectivity index (χ2n) is 8.38. The van der Waals surface area contributed by atoms with Gasteiger partial charge in [-0.25, -0.2) is 4.39 Å². The topological polar surface area (TPSA) is 56.1 Å². The molecule has 3 rings (SSSR count). The Bertz CT molecular complexity index is 851. The molecule has 0 radical (unpaired) electrons. The van der Waals surface area contributed by atoms with Crippen LogP contribution in [0, 0.1) is 23.1 Å². The zero-order valence-corrected chi connectivity index (χ0v) is 17.3. The van der Waals surface area contributed by atoms with Crippen LogP contribution in [-0.4, -0.2) is 36.5 Å². The first-order valence-corrected chi connectivity index (χ1v) is 10.7. The second-order valence-corrected chi connectivity index (χ2v) is 8.38. The standard InChI is InChI=1S/C23H27F4N3O/c24-21-6-3-18(23(25,26)27)15-20(21)17-9-13-30(14-10-17)12-8-16-1-4-19(5-2-16)29-22(31)7-11-28/h3,6,9,15-16,19H,1-2,4-5,7-8,10,12-14H2,(H,29,31). The van der Waals surface area contributed by atoms with E-state index in [0.717, 1.165) is 56.8 Å². The van der Waals surface area contributed by atoms with Crippen molar-refractivity contribution in [2.24, 2.45) is 5.92 Å². The molecule has 1 N–H and O–H groups in total. The van der Waals surface area contributed by atoms with Gasteiger partial charge in [0.05, 0.1) is 11.6 Å². The van der Waals surface area contributed by atoms with E-state index in [1.165, 1.54) is 0 Å². The van der Waals surface area contributed by atoms with E-state index in [2.05, 4.69) is 10.2 Å². The smallest absolute Gasteiger partial charge is 0.352 e. The van der Waals surface area contributed by atoms with Gasteiger partial charge in [0.15, 0.2) is 0 Å². The maximum Gasteiger partial charge on any atom is 0.416 e. The Morgan fingerprint density at radius 1 is 1.23 bits per heavy atom. The lowest BCUT2D eigenvalue weighted by Crippen LogP contribution is -2.38. The van der Waals surface area contributed by atoms with E-state index in [-0.39, 0.29) is 23.9 Å². The molecule has 1 heterocycles. The van der Waals surface area contributed by atoms with Crippen LogP contribution in [-0.2, 0) is 11.0 Å². The average molecular weight is 437 g/mol. The zero-order valence-electron chi connectivity index (χ0n) is 17.3. The lowest BCUT2D eigenvalue weighted by molar-refractivity contribution is -0.137. The van der Waals surface area contributed by atoms with Gasteiger partial charge in [-0.2, -0.15) is 18.4 Å². The SMILES string of the molecule is N#CCC(=O)NC1CCC(CCN2CC=C(c3cc(C(F)(F)F)ccc3F)CC2)CC1. The second kappa shape index (κ2) is 10.3. The van der Waals surface area contributed by atoms with Gasteiger partial charge in [0, 0.05) is 24.7 Å². The number of nitrogens with zero attached hydrogens (tertiary/aromatic N) is 2. The van der Waals surface area contributed by atoms with Crippen LogP contribution < -0.4 is 5.32 Å². The molecule has 1 aliphatic carbocycles. The molecule has 31 heavy (non-hydrogen) atoms. The largest absolute Gasteiger partial charge is 0.416 e. The van der Waals surface area contributed by atoms with Crippen LogP contribution in [0.3, 0.4) is 0 Å². The number of carbonyl (C=O) groups excluding carboxylic acids is 1. The number of amides is 1. The molecule has 1 aliphatic heterocycles. The summed E-state index contributed by atoms with van der Waals surface area (Å²) in [4.78, 5) is 13.8. The van der Waals surface area contributed by atoms with Gasteiger partial charge in [0.2, 0.25) is 5.91 Å². The third-order valence-electron chi connectivity index (χ3n) is 6.24. The van der Waals surface area contributed by atoms with Gasteiger partial charge in [-0.1, -0.05) is 6.08 Å². The summed E-state index contributed by atoms with van der Waals surface area (Å²) >= 11 is 0. The minimum atomic E-state index is -4.48. The van der Waals surface area contributed by atoms with E-state index in [9.17, 15) is 22.4 Å². The van der Waals surface area contributed by atoms with Crippen molar-refractivity contribution in [3.63, 3.8) is 0 Å². The van der Waals surface area contributed by atoms with E-state index in [0.29, 0.717) is 31.0 Å². The van der Waals surface area contributed by atoms with E-state index in [1.54, 1.807) is 0 Å². The third-order valence-corrected chi connectivity index (χ3v) is 6.24. The summed E-state index contributed by atoms with van der Waals surface area (Å²) < 4.78 is 53.0. The lowest BCUT2D eigenvalue weighted by atomic mass is 9.84. The molecule has 8 heteroatoms. The van der Waals surface area contributed by atoms with Crippen molar-refractivity contribution in [2.45, 2.75) is 57.2 Å². The normalized spacial score (nSPS) is 22.5. The lowest BCUT2D eigenvalue weighted by Gasteiger charge is -2.32. The minimum Gasteiger partial charge on any atom is -0.352 e. The molecule has 1 aromatic rings. The molecule has 168 valence electrons. The van der Waals surface area contributed by atoms with Crippen LogP contribution in [0.15, 0.2) is 24.3 Å². The summed E-state index contributed by atoms with van der Waals surface area (Å²) in [5.74, 6) is -0.249. The maximum absolute atomic E-state index is 14.1. The molecule has 0 bridgehead atoms. The highest BCUT2D eigenvalue weighted by molar-refractivity contribution is 5.78. The van der Waals surface area contributed by atoms with Crippen molar-refractivity contribution < 1.29 is 22.4 Å². The summed E-state index contributed by atoms with van der Waals surface area (Å²) in [6.45, 7) is 2.19. The number of hydrogen-bond acceptors (Lipinski definition) is 3. The average Bonchev–Trinajstić information content (AvgIpc) is 2.73. The number of benzene rings is 1. The van der Waals surface area contributed by atoms with Crippen molar-refractivity contribution >= 4 is 11.5 Å². The Morgan fingerprint density at radius 2 is 1.97 bits per heavy atom. The fourth-order valence-corrected chi connectivity index (χ4v) is 4.42. The Kier molecular flexibility index (Phi) is 7.71. The molecule has 2 aliphatic rings. The molecule has 4 nitrogen and oxygen atoms in total. The van der Waals surface area contributed by atoms with E-state index >= 15 is 0 Å². The summed E-state index contributed by atoms with van der Waals surface area (Å²) in [5.41, 5.74) is -0.147. The van der Waals surface area contributed by atoms with Gasteiger partial charge >= 0.3 is 6.18 Å². The molecule has 0 saturated heterocycles. The number of hydrogen-bond donors (Lipinski definition) is 1. The molecule has 1 amide bonds. The summed E-state index contributed by atoms with van der Waals surface area (Å²) in [6, 6.07) is 4.58. The number of carbonyl (C=O) groups is 1. The van der Waals surface area contributed by atoms with E-state index in [1.807, 2.05) is 12.1 Å². The van der Waals surface area contributed by atoms with Gasteiger partial charge in [-0.3, -0.25) is 9.69 Å². The minimum absolute atomic E-state index is 0.0474. The third kappa shape index (κ3) is 6.54.